The van der Waals surface area contributed by atoms with Gasteiger partial charge in [-0.25, -0.2) is 4.21 Å². The molecule has 306 valence electrons. The van der Waals surface area contributed by atoms with E-state index >= 15 is 0 Å². The minimum atomic E-state index is -2.38. The summed E-state index contributed by atoms with van der Waals surface area (Å²) in [7, 11) is 0. The fraction of sp³-hybridized carbons (Fsp3) is 0.565. The monoisotopic (exact) mass is 800 g/mol. The van der Waals surface area contributed by atoms with E-state index in [2.05, 4.69) is 130 Å². The maximum Gasteiger partial charge on any atom is 1.00 e. The molecule has 10 heteroatoms. The zero-order valence-corrected chi connectivity index (χ0v) is 39.5. The molecule has 0 aliphatic heterocycles. The molecule has 0 heterocycles. The first-order chi connectivity index (χ1) is 25.7. The van der Waals surface area contributed by atoms with Crippen molar-refractivity contribution in [2.45, 2.75) is 148 Å². The normalized spacial score (nSPS) is 12.7. The van der Waals surface area contributed by atoms with Crippen molar-refractivity contribution < 1.29 is 58.8 Å². The quantitative estimate of drug-likeness (QED) is 0.0584. The Kier molecular flexibility index (Phi) is 18.9. The van der Waals surface area contributed by atoms with Crippen LogP contribution < -0.4 is 49.7 Å². The molecule has 0 bridgehead atoms. The average Bonchev–Trinajstić information content (AvgIpc) is 3.16. The van der Waals surface area contributed by atoms with Gasteiger partial charge in [-0.2, -0.15) is 0 Å². The number of rotatable bonds is 21. The number of hydrogen-bond donors (Lipinski definition) is 3. The van der Waals surface area contributed by atoms with Gasteiger partial charge in [-0.15, -0.1) is 0 Å². The number of benzene rings is 3. The van der Waals surface area contributed by atoms with Crippen molar-refractivity contribution in [2.75, 3.05) is 26.3 Å². The first-order valence-electron chi connectivity index (χ1n) is 20.1. The average molecular weight is 801 g/mol. The Labute approximate surface area is 364 Å². The minimum absolute atomic E-state index is 0. The molecular formula is C46H69N2NaO6S. The molecule has 0 saturated heterocycles. The zero-order chi connectivity index (χ0) is 41.2. The smallest absolute Gasteiger partial charge is 1.00 e. The second-order valence-corrected chi connectivity index (χ2v) is 18.3. The van der Waals surface area contributed by atoms with Crippen LogP contribution in [0.2, 0.25) is 0 Å². The molecule has 1 atom stereocenters. The molecule has 0 aliphatic rings. The van der Waals surface area contributed by atoms with E-state index in [1.54, 1.807) is 0 Å². The van der Waals surface area contributed by atoms with Crippen molar-refractivity contribution in [3.63, 3.8) is 0 Å². The second kappa shape index (κ2) is 21.4. The number of hydrogen-bond acceptors (Lipinski definition) is 5. The van der Waals surface area contributed by atoms with Crippen LogP contribution in [0.15, 0.2) is 59.5 Å². The first kappa shape index (κ1) is 49.5. The van der Waals surface area contributed by atoms with Crippen LogP contribution in [0.25, 0.3) is 0 Å². The summed E-state index contributed by atoms with van der Waals surface area (Å²) < 4.78 is 34.4. The molecule has 1 unspecified atom stereocenters. The van der Waals surface area contributed by atoms with Gasteiger partial charge in [-0.3, -0.25) is 9.59 Å². The summed E-state index contributed by atoms with van der Waals surface area (Å²) in [6, 6.07) is 17.1. The van der Waals surface area contributed by atoms with Crippen LogP contribution in [0, 0.1) is 0 Å². The van der Waals surface area contributed by atoms with E-state index in [0.717, 1.165) is 37.2 Å². The fourth-order valence-electron chi connectivity index (χ4n) is 6.08. The van der Waals surface area contributed by atoms with Crippen molar-refractivity contribution in [1.82, 2.24) is 10.6 Å². The Bertz CT molecular complexity index is 1690. The predicted octanol–water partition coefficient (Wildman–Crippen LogP) is 7.53. The van der Waals surface area contributed by atoms with Crippen LogP contribution in [0.3, 0.4) is 0 Å². The van der Waals surface area contributed by atoms with E-state index < -0.39 is 22.9 Å². The van der Waals surface area contributed by atoms with Gasteiger partial charge in [0, 0.05) is 35.3 Å². The van der Waals surface area contributed by atoms with Crippen LogP contribution in [-0.4, -0.2) is 46.9 Å². The van der Waals surface area contributed by atoms with Gasteiger partial charge in [0.15, 0.2) is 11.1 Å². The van der Waals surface area contributed by atoms with Gasteiger partial charge in [0.05, 0.1) is 18.1 Å². The summed E-state index contributed by atoms with van der Waals surface area (Å²) in [5.41, 5.74) is 5.20. The van der Waals surface area contributed by atoms with Crippen molar-refractivity contribution in [1.29, 1.82) is 0 Å². The second-order valence-electron chi connectivity index (χ2n) is 17.3. The first-order valence-corrected chi connectivity index (χ1v) is 21.2. The molecule has 3 aromatic carbocycles. The Balaban J connectivity index is 0.00000812. The third kappa shape index (κ3) is 13.2. The molecule has 3 N–H and O–H groups in total. The van der Waals surface area contributed by atoms with Gasteiger partial charge in [0.1, 0.15) is 11.5 Å². The summed E-state index contributed by atoms with van der Waals surface area (Å²) in [6.45, 7) is 28.2. The molecule has 3 aromatic rings. The Hall–Kier alpha value is -2.69. The third-order valence-electron chi connectivity index (χ3n) is 11.9. The largest absolute Gasteiger partial charge is 1.00 e. The van der Waals surface area contributed by atoms with Crippen molar-refractivity contribution in [3.8, 4) is 11.5 Å². The number of ether oxygens (including phenoxy) is 2. The summed E-state index contributed by atoms with van der Waals surface area (Å²) in [5.74, 6) is 0.829. The van der Waals surface area contributed by atoms with Crippen molar-refractivity contribution >= 4 is 22.9 Å². The van der Waals surface area contributed by atoms with E-state index in [0.29, 0.717) is 39.1 Å². The molecule has 8 nitrogen and oxygen atoms in total. The molecule has 0 aliphatic carbocycles. The van der Waals surface area contributed by atoms with Crippen LogP contribution in [-0.2, 0) is 32.7 Å². The van der Waals surface area contributed by atoms with Gasteiger partial charge in [0.25, 0.3) is 11.8 Å². The molecule has 2 amide bonds. The molecular weight excluding hydrogens is 732 g/mol. The van der Waals surface area contributed by atoms with E-state index in [-0.39, 0.29) is 68.7 Å². The standard InChI is InChI=1S/C46H68N2O6S.Na.H/c1-13-43(5,6)34-19-21-39(37(30-34)45(9,10)15-3)53-25-17-23-47-41(49)32-27-33(29-36(28-32)55(51)52)42(50)48-24-18-26-54-40-22-20-35(44(7,8)14-2)31-38(40)46(11,12)16-4;;/h19-22,27-31H,13-18,23-26H2,1-12H3,(H,47,49)(H,48,50)(H,51,52);;/q;+1;-1. The topological polar surface area (TPSA) is 114 Å². The van der Waals surface area contributed by atoms with Gasteiger partial charge < -0.3 is 26.1 Å². The molecule has 3 rings (SSSR count). The van der Waals surface area contributed by atoms with Gasteiger partial charge >= 0.3 is 29.6 Å². The van der Waals surface area contributed by atoms with E-state index in [9.17, 15) is 18.4 Å². The minimum Gasteiger partial charge on any atom is -1.00 e. The zero-order valence-electron chi connectivity index (χ0n) is 37.7. The Morgan fingerprint density at radius 2 is 0.964 bits per heavy atom. The van der Waals surface area contributed by atoms with Gasteiger partial charge in [-0.05, 0) is 102 Å². The molecule has 0 radical (unpaired) electrons. The van der Waals surface area contributed by atoms with Crippen LogP contribution in [0.4, 0.5) is 0 Å². The number of nitrogens with one attached hydrogen (secondary N) is 2. The fourth-order valence-corrected chi connectivity index (χ4v) is 6.53. The summed E-state index contributed by atoms with van der Waals surface area (Å²) in [4.78, 5) is 26.3. The Morgan fingerprint density at radius 3 is 1.29 bits per heavy atom. The number of amides is 2. The summed E-state index contributed by atoms with van der Waals surface area (Å²) >= 11 is -2.38. The van der Waals surface area contributed by atoms with Gasteiger partial charge in [0.2, 0.25) is 0 Å². The predicted molar refractivity (Wildman–Crippen MR) is 228 cm³/mol. The van der Waals surface area contributed by atoms with Crippen LogP contribution in [0.1, 0.15) is 166 Å². The Morgan fingerprint density at radius 1 is 0.607 bits per heavy atom. The summed E-state index contributed by atoms with van der Waals surface area (Å²) in [5, 5.41) is 5.74. The van der Waals surface area contributed by atoms with E-state index in [1.807, 2.05) is 0 Å². The number of carbonyl (C=O) groups is 2. The maximum absolute atomic E-state index is 13.2. The molecule has 0 fully saturated rings. The SMILES string of the molecule is CCC(C)(C)c1ccc(OCCCNC(=O)c2cc(C(=O)NCCCOc3ccc(C(C)(C)CC)cc3C(C)(C)CC)cc(S(=O)O)c2)c(C(C)(C)CC)c1.[H-].[Na+]. The maximum atomic E-state index is 13.2. The van der Waals surface area contributed by atoms with E-state index in [4.69, 9.17) is 9.47 Å². The molecule has 0 saturated carbocycles. The number of carbonyl (C=O) groups excluding carboxylic acids is 2. The summed E-state index contributed by atoms with van der Waals surface area (Å²) in [6.07, 6.45) is 5.10. The molecule has 0 spiro atoms. The molecule has 0 aromatic heterocycles. The van der Waals surface area contributed by atoms with Crippen molar-refractivity contribution in [2.24, 2.45) is 0 Å². The van der Waals surface area contributed by atoms with Crippen LogP contribution in [0.5, 0.6) is 11.5 Å². The molecule has 56 heavy (non-hydrogen) atoms. The third-order valence-corrected chi connectivity index (χ3v) is 12.5. The van der Waals surface area contributed by atoms with E-state index in [1.165, 1.54) is 40.5 Å². The van der Waals surface area contributed by atoms with Crippen LogP contribution >= 0.6 is 0 Å². The van der Waals surface area contributed by atoms with Crippen molar-refractivity contribution in [3.05, 3.63) is 88.0 Å². The van der Waals surface area contributed by atoms with Gasteiger partial charge in [-0.1, -0.05) is 107 Å².